The van der Waals surface area contributed by atoms with Crippen LogP contribution in [-0.2, 0) is 17.4 Å². The Morgan fingerprint density at radius 2 is 1.71 bits per heavy atom. The number of ether oxygens (including phenoxy) is 2. The molecule has 0 bridgehead atoms. The maximum Gasteiger partial charge on any atom is 0.490 e. The quantitative estimate of drug-likeness (QED) is 0.282. The standard InChI is InChI=1S/C25H29ClF3N3O3.C2HF3O2/c1-34-20-6-3-15(11-21(20)35-2)14-24-8-7-17(13-22(24)30-10-9-24)32-23(33)31-16-4-5-19(26)18(12-16)25(27,28)29;3-2(4,5)1(6)7/h3-6,11-12,17,22,30H,7-10,13-14H2,1-2H3,(H2,31,32,33);(H,6,7)/t17-,22+,24-;/m1./s1. The Bertz CT molecular complexity index is 1280. The van der Waals surface area contributed by atoms with Crippen LogP contribution in [0.2, 0.25) is 5.02 Å². The molecule has 232 valence electrons. The third-order valence-electron chi connectivity index (χ3n) is 7.38. The molecule has 0 unspecified atom stereocenters. The molecule has 42 heavy (non-hydrogen) atoms. The molecule has 1 saturated carbocycles. The largest absolute Gasteiger partial charge is 0.493 e. The number of methoxy groups -OCH3 is 2. The number of hydrogen-bond donors (Lipinski definition) is 4. The van der Waals surface area contributed by atoms with Crippen LogP contribution in [0, 0.1) is 5.41 Å². The molecule has 1 aliphatic heterocycles. The first kappa shape index (κ1) is 33.1. The van der Waals surface area contributed by atoms with Crippen LogP contribution in [0.25, 0.3) is 0 Å². The molecule has 0 aromatic heterocycles. The van der Waals surface area contributed by atoms with Crippen LogP contribution in [-0.4, -0.2) is 56.1 Å². The summed E-state index contributed by atoms with van der Waals surface area (Å²) < 4.78 is 81.8. The van der Waals surface area contributed by atoms with Gasteiger partial charge < -0.3 is 30.5 Å². The second-order valence-corrected chi connectivity index (χ2v) is 10.5. The van der Waals surface area contributed by atoms with E-state index in [1.165, 1.54) is 11.6 Å². The number of rotatable bonds is 6. The number of amides is 2. The van der Waals surface area contributed by atoms with Crippen LogP contribution in [0.3, 0.4) is 0 Å². The maximum atomic E-state index is 13.1. The van der Waals surface area contributed by atoms with Gasteiger partial charge in [0.2, 0.25) is 0 Å². The van der Waals surface area contributed by atoms with E-state index in [1.54, 1.807) is 14.2 Å². The van der Waals surface area contributed by atoms with Crippen molar-refractivity contribution in [2.45, 2.75) is 56.5 Å². The molecule has 2 aromatic carbocycles. The number of anilines is 1. The van der Waals surface area contributed by atoms with E-state index < -0.39 is 34.9 Å². The Morgan fingerprint density at radius 1 is 1.05 bits per heavy atom. The molecule has 1 saturated heterocycles. The van der Waals surface area contributed by atoms with Gasteiger partial charge in [-0.2, -0.15) is 26.3 Å². The van der Waals surface area contributed by atoms with Crippen LogP contribution in [0.15, 0.2) is 36.4 Å². The van der Waals surface area contributed by atoms with Crippen LogP contribution in [0.5, 0.6) is 11.5 Å². The van der Waals surface area contributed by atoms with Gasteiger partial charge in [0.15, 0.2) is 11.5 Å². The van der Waals surface area contributed by atoms with Gasteiger partial charge in [-0.25, -0.2) is 9.59 Å². The number of carboxylic acids is 1. The first-order chi connectivity index (χ1) is 19.6. The zero-order chi connectivity index (χ0) is 31.3. The average Bonchev–Trinajstić information content (AvgIpc) is 3.31. The Balaban J connectivity index is 0.000000616. The van der Waals surface area contributed by atoms with Crippen molar-refractivity contribution in [1.82, 2.24) is 10.6 Å². The SMILES string of the molecule is COc1ccc(C[C@@]23CCN[C@H]2C[C@H](NC(=O)Nc2ccc(Cl)c(C(F)(F)F)c2)CC3)cc1OC.O=C(O)C(F)(F)F. The summed E-state index contributed by atoms with van der Waals surface area (Å²) in [6.45, 7) is 0.905. The molecular weight excluding hydrogens is 596 g/mol. The lowest BCUT2D eigenvalue weighted by Crippen LogP contribution is -2.50. The minimum Gasteiger partial charge on any atom is -0.493 e. The van der Waals surface area contributed by atoms with Gasteiger partial charge in [-0.1, -0.05) is 17.7 Å². The van der Waals surface area contributed by atoms with Crippen LogP contribution in [0.4, 0.5) is 36.8 Å². The number of urea groups is 1. The molecule has 15 heteroatoms. The van der Waals surface area contributed by atoms with E-state index >= 15 is 0 Å². The summed E-state index contributed by atoms with van der Waals surface area (Å²) in [5, 5.41) is 15.7. The van der Waals surface area contributed by atoms with Gasteiger partial charge in [-0.3, -0.25) is 0 Å². The zero-order valence-corrected chi connectivity index (χ0v) is 23.3. The Morgan fingerprint density at radius 3 is 2.31 bits per heavy atom. The molecule has 4 N–H and O–H groups in total. The highest BCUT2D eigenvalue weighted by atomic mass is 35.5. The second-order valence-electron chi connectivity index (χ2n) is 10.1. The first-order valence-corrected chi connectivity index (χ1v) is 13.1. The van der Waals surface area contributed by atoms with Gasteiger partial charge in [0.05, 0.1) is 24.8 Å². The number of carbonyl (C=O) groups excluding carboxylic acids is 1. The van der Waals surface area contributed by atoms with E-state index in [9.17, 15) is 31.1 Å². The van der Waals surface area contributed by atoms with Crippen molar-refractivity contribution in [2.24, 2.45) is 5.41 Å². The number of fused-ring (bicyclic) bond motifs is 1. The van der Waals surface area contributed by atoms with Crippen molar-refractivity contribution in [3.8, 4) is 11.5 Å². The highest BCUT2D eigenvalue weighted by Gasteiger charge is 2.46. The lowest BCUT2D eigenvalue weighted by atomic mass is 9.66. The number of benzene rings is 2. The van der Waals surface area contributed by atoms with Crippen LogP contribution in [0.1, 0.15) is 36.8 Å². The predicted molar refractivity (Wildman–Crippen MR) is 142 cm³/mol. The van der Waals surface area contributed by atoms with Crippen molar-refractivity contribution in [1.29, 1.82) is 0 Å². The fraction of sp³-hybridized carbons (Fsp3) is 0.481. The maximum absolute atomic E-state index is 13.1. The number of carbonyl (C=O) groups is 2. The molecule has 4 rings (SSSR count). The van der Waals surface area contributed by atoms with E-state index in [-0.39, 0.29) is 23.2 Å². The topological polar surface area (TPSA) is 109 Å². The summed E-state index contributed by atoms with van der Waals surface area (Å²) in [5.41, 5.74) is 0.303. The van der Waals surface area contributed by atoms with Gasteiger partial charge in [0.25, 0.3) is 0 Å². The van der Waals surface area contributed by atoms with E-state index in [2.05, 4.69) is 22.0 Å². The van der Waals surface area contributed by atoms with E-state index in [4.69, 9.17) is 31.0 Å². The summed E-state index contributed by atoms with van der Waals surface area (Å²) in [5.74, 6) is -1.36. The average molecular weight is 626 g/mol. The summed E-state index contributed by atoms with van der Waals surface area (Å²) in [4.78, 5) is 21.4. The zero-order valence-electron chi connectivity index (χ0n) is 22.6. The molecule has 0 spiro atoms. The van der Waals surface area contributed by atoms with Crippen molar-refractivity contribution in [2.75, 3.05) is 26.1 Å². The van der Waals surface area contributed by atoms with Crippen LogP contribution >= 0.6 is 11.6 Å². The predicted octanol–water partition coefficient (Wildman–Crippen LogP) is 6.27. The van der Waals surface area contributed by atoms with E-state index in [0.717, 1.165) is 50.8 Å². The van der Waals surface area contributed by atoms with E-state index in [0.29, 0.717) is 11.5 Å². The molecule has 2 amide bonds. The molecule has 1 aliphatic carbocycles. The molecule has 2 aromatic rings. The number of aliphatic carboxylic acids is 1. The molecule has 2 aliphatic rings. The number of hydrogen-bond acceptors (Lipinski definition) is 5. The number of carboxylic acid groups (broad SMARTS) is 1. The highest BCUT2D eigenvalue weighted by molar-refractivity contribution is 6.31. The number of halogens is 7. The van der Waals surface area contributed by atoms with Gasteiger partial charge in [-0.15, -0.1) is 0 Å². The minimum atomic E-state index is -5.08. The number of alkyl halides is 6. The fourth-order valence-corrected chi connectivity index (χ4v) is 5.61. The van der Waals surface area contributed by atoms with E-state index in [1.807, 2.05) is 12.1 Å². The van der Waals surface area contributed by atoms with Crippen molar-refractivity contribution < 1.29 is 50.5 Å². The normalized spacial score (nSPS) is 21.8. The van der Waals surface area contributed by atoms with Gasteiger partial charge >= 0.3 is 24.4 Å². The Hall–Kier alpha value is -3.39. The molecular formula is C27H30ClF6N3O5. The lowest BCUT2D eigenvalue weighted by Gasteiger charge is -2.42. The third kappa shape index (κ3) is 8.34. The van der Waals surface area contributed by atoms with Gasteiger partial charge in [0, 0.05) is 17.8 Å². The second kappa shape index (κ2) is 13.3. The Kier molecular flexibility index (Phi) is 10.5. The van der Waals surface area contributed by atoms with Crippen molar-refractivity contribution in [3.05, 3.63) is 52.5 Å². The smallest absolute Gasteiger partial charge is 0.490 e. The van der Waals surface area contributed by atoms with Crippen LogP contribution < -0.4 is 25.4 Å². The van der Waals surface area contributed by atoms with Gasteiger partial charge in [-0.05, 0) is 80.0 Å². The molecule has 1 heterocycles. The summed E-state index contributed by atoms with van der Waals surface area (Å²) in [6, 6.07) is 8.93. The van der Waals surface area contributed by atoms with Crippen molar-refractivity contribution >= 4 is 29.3 Å². The summed E-state index contributed by atoms with van der Waals surface area (Å²) in [6.07, 6.45) is -5.31. The first-order valence-electron chi connectivity index (χ1n) is 12.8. The summed E-state index contributed by atoms with van der Waals surface area (Å²) in [7, 11) is 3.23. The Labute approximate surface area is 242 Å². The monoisotopic (exact) mass is 625 g/mol. The highest BCUT2D eigenvalue weighted by Crippen LogP contribution is 2.46. The fourth-order valence-electron chi connectivity index (χ4n) is 5.38. The lowest BCUT2D eigenvalue weighted by molar-refractivity contribution is -0.192. The minimum absolute atomic E-state index is 0.0387. The number of nitrogens with one attached hydrogen (secondary N) is 3. The summed E-state index contributed by atoms with van der Waals surface area (Å²) >= 11 is 5.66. The third-order valence-corrected chi connectivity index (χ3v) is 7.70. The molecule has 0 radical (unpaired) electrons. The van der Waals surface area contributed by atoms with Crippen molar-refractivity contribution in [3.63, 3.8) is 0 Å². The molecule has 8 nitrogen and oxygen atoms in total. The molecule has 3 atom stereocenters. The molecule has 2 fully saturated rings. The van der Waals surface area contributed by atoms with Gasteiger partial charge in [0.1, 0.15) is 0 Å².